The number of likely N-dealkylation sites (tertiary alicyclic amines) is 2. The first-order valence-corrected chi connectivity index (χ1v) is 26.9. The number of benzene rings is 2. The van der Waals surface area contributed by atoms with Crippen molar-refractivity contribution in [2.24, 2.45) is 16.7 Å². The van der Waals surface area contributed by atoms with Crippen molar-refractivity contribution in [1.29, 1.82) is 0 Å². The van der Waals surface area contributed by atoms with E-state index in [0.29, 0.717) is 25.7 Å². The summed E-state index contributed by atoms with van der Waals surface area (Å²) in [4.78, 5) is 112. The molecule has 0 saturated carbocycles. The summed E-state index contributed by atoms with van der Waals surface area (Å²) < 4.78 is 0. The van der Waals surface area contributed by atoms with Gasteiger partial charge >= 0.3 is 0 Å². The van der Waals surface area contributed by atoms with E-state index in [9.17, 15) is 38.4 Å². The number of nitrogens with one attached hydrogen (secondary N) is 7. The topological polar surface area (TPSA) is 227 Å². The van der Waals surface area contributed by atoms with Crippen LogP contribution >= 0.6 is 24.8 Å². The van der Waals surface area contributed by atoms with Crippen LogP contribution in [0.4, 0.5) is 0 Å². The number of carbonyl (C=O) groups excluding carboxylic acids is 8. The van der Waals surface area contributed by atoms with Crippen LogP contribution in [-0.2, 0) is 38.4 Å². The zero-order chi connectivity index (χ0) is 54.9. The molecule has 0 radical (unpaired) electrons. The molecule has 76 heavy (non-hydrogen) atoms. The van der Waals surface area contributed by atoms with Crippen LogP contribution in [0.15, 0.2) is 60.7 Å². The van der Waals surface area contributed by atoms with E-state index in [0.717, 1.165) is 36.8 Å². The third-order valence-corrected chi connectivity index (χ3v) is 14.6. The van der Waals surface area contributed by atoms with E-state index in [2.05, 4.69) is 37.2 Å². The number of hydrogen-bond acceptors (Lipinski definition) is 10. The van der Waals surface area contributed by atoms with Crippen molar-refractivity contribution >= 4 is 71.9 Å². The first-order chi connectivity index (χ1) is 34.9. The van der Waals surface area contributed by atoms with Crippen molar-refractivity contribution in [2.75, 3.05) is 27.2 Å². The molecule has 10 atom stereocenters. The molecule has 19 heteroatoms. The zero-order valence-electron chi connectivity index (χ0n) is 47.2. The minimum atomic E-state index is -0.917. The molecule has 7 N–H and O–H groups in total. The maximum Gasteiger partial charge on any atom is 0.246 e. The molecule has 0 bridgehead atoms. The molecular formula is C57H91Cl2N9O8. The Morgan fingerprint density at radius 2 is 0.934 bits per heavy atom. The van der Waals surface area contributed by atoms with Gasteiger partial charge in [-0.15, -0.1) is 24.8 Å². The molecule has 17 nitrogen and oxygen atoms in total. The predicted octanol–water partition coefficient (Wildman–Crippen LogP) is 6.25. The summed E-state index contributed by atoms with van der Waals surface area (Å²) in [5, 5.41) is 20.9. The number of nitrogens with zero attached hydrogens (tertiary/aromatic N) is 2. The van der Waals surface area contributed by atoms with Gasteiger partial charge in [0.05, 0.1) is 24.2 Å². The summed E-state index contributed by atoms with van der Waals surface area (Å²) in [7, 11) is 3.34. The summed E-state index contributed by atoms with van der Waals surface area (Å²) in [6.45, 7) is 18.8. The summed E-state index contributed by atoms with van der Waals surface area (Å²) in [5.74, 6) is -2.29. The van der Waals surface area contributed by atoms with Crippen LogP contribution in [0.3, 0.4) is 0 Å². The van der Waals surface area contributed by atoms with Gasteiger partial charge in [-0.05, 0) is 95.3 Å². The number of Topliss-reactive ketones (excluding diaryl/α,β-unsaturated/α-hetero) is 1. The van der Waals surface area contributed by atoms with Crippen molar-refractivity contribution in [2.45, 2.75) is 194 Å². The Labute approximate surface area is 465 Å². The first kappa shape index (κ1) is 67.0. The van der Waals surface area contributed by atoms with Gasteiger partial charge in [0.15, 0.2) is 0 Å². The smallest absolute Gasteiger partial charge is 0.246 e. The van der Waals surface area contributed by atoms with E-state index in [1.807, 2.05) is 116 Å². The van der Waals surface area contributed by atoms with Gasteiger partial charge in [-0.2, -0.15) is 0 Å². The Kier molecular flexibility index (Phi) is 27.6. The van der Waals surface area contributed by atoms with Gasteiger partial charge in [0.2, 0.25) is 41.4 Å². The second kappa shape index (κ2) is 31.3. The number of carbonyl (C=O) groups is 8. The van der Waals surface area contributed by atoms with E-state index in [4.69, 9.17) is 0 Å². The van der Waals surface area contributed by atoms with Crippen LogP contribution in [0.5, 0.6) is 0 Å². The molecule has 2 heterocycles. The molecule has 7 amide bonds. The number of rotatable bonds is 26. The molecule has 2 saturated heterocycles. The van der Waals surface area contributed by atoms with Gasteiger partial charge in [0, 0.05) is 38.4 Å². The normalized spacial score (nSPS) is 19.8. The Balaban J connectivity index is 0.00000988. The maximum atomic E-state index is 14.4. The Hall–Kier alpha value is -5.10. The van der Waals surface area contributed by atoms with Gasteiger partial charge in [-0.25, -0.2) is 0 Å². The van der Waals surface area contributed by atoms with Crippen LogP contribution in [0.2, 0.25) is 0 Å². The standard InChI is InChI=1S/C57H89N9O8.2ClH/c1-36(41-25-19-17-20-26-41)60-52(71)45-32-40(34-65(45)54(73)48(56(5,6)7)63-50(69)38(3)58-11)31-44(67)29-23-15-13-14-16-24-30-47(68)62-43-33-46(53(72)61-37(2)42-27-21-18-22-28-42)66(35-43)55(74)49(57(8,9)10)64-51(70)39(4)59-12;;/h17-22,25-28,36-40,43,45-46,48-49,58-59H,13-16,23-24,29-35H2,1-12H3,(H,60,71)(H,61,72)(H,62,68)(H,63,69)(H,64,70);2*1H/t36-,37-,38+,39+,40+,43+,45+,46+,48-,49-;;/m1../s1. The average molecular weight is 1100 g/mol. The third-order valence-electron chi connectivity index (χ3n) is 14.6. The number of likely N-dealkylation sites (N-methyl/N-ethyl adjacent to an activating group) is 2. The van der Waals surface area contributed by atoms with Crippen molar-refractivity contribution in [1.82, 2.24) is 47.0 Å². The van der Waals surface area contributed by atoms with Gasteiger partial charge in [0.1, 0.15) is 30.0 Å². The Morgan fingerprint density at radius 1 is 0.539 bits per heavy atom. The summed E-state index contributed by atoms with van der Waals surface area (Å²) in [6.07, 6.45) is 6.30. The van der Waals surface area contributed by atoms with Gasteiger partial charge < -0.3 is 47.0 Å². The second-order valence-corrected chi connectivity index (χ2v) is 22.9. The predicted molar refractivity (Wildman–Crippen MR) is 303 cm³/mol. The molecule has 4 rings (SSSR count). The number of ketones is 1. The highest BCUT2D eigenvalue weighted by atomic mass is 35.5. The van der Waals surface area contributed by atoms with Gasteiger partial charge in [0.25, 0.3) is 0 Å². The van der Waals surface area contributed by atoms with Gasteiger partial charge in [-0.1, -0.05) is 128 Å². The molecular weight excluding hydrogens is 1010 g/mol. The molecule has 0 unspecified atom stereocenters. The molecule has 2 fully saturated rings. The minimum absolute atomic E-state index is 0. The fourth-order valence-electron chi connectivity index (χ4n) is 9.73. The van der Waals surface area contributed by atoms with Crippen molar-refractivity contribution in [3.63, 3.8) is 0 Å². The quantitative estimate of drug-likeness (QED) is 0.0525. The summed E-state index contributed by atoms with van der Waals surface area (Å²) in [5.41, 5.74) is 0.517. The van der Waals surface area contributed by atoms with Crippen LogP contribution in [0.25, 0.3) is 0 Å². The average Bonchev–Trinajstić information content (AvgIpc) is 3.99. The van der Waals surface area contributed by atoms with Crippen molar-refractivity contribution < 1.29 is 38.4 Å². The molecule has 0 aliphatic carbocycles. The second-order valence-electron chi connectivity index (χ2n) is 22.9. The highest BCUT2D eigenvalue weighted by Gasteiger charge is 2.47. The van der Waals surface area contributed by atoms with Crippen molar-refractivity contribution in [3.8, 4) is 0 Å². The fraction of sp³-hybridized carbons (Fsp3) is 0.649. The molecule has 426 valence electrons. The van der Waals surface area contributed by atoms with Crippen molar-refractivity contribution in [3.05, 3.63) is 71.8 Å². The minimum Gasteiger partial charge on any atom is -0.351 e. The number of unbranched alkanes of at least 4 members (excludes halogenated alkanes) is 5. The monoisotopic (exact) mass is 1100 g/mol. The number of amides is 7. The molecule has 0 aromatic heterocycles. The van der Waals surface area contributed by atoms with E-state index >= 15 is 0 Å². The van der Waals surface area contributed by atoms with Crippen LogP contribution in [0.1, 0.15) is 163 Å². The molecule has 2 aliphatic heterocycles. The Morgan fingerprint density at radius 3 is 1.36 bits per heavy atom. The lowest BCUT2D eigenvalue weighted by Gasteiger charge is -2.36. The highest BCUT2D eigenvalue weighted by molar-refractivity contribution is 5.95. The molecule has 2 aromatic rings. The largest absolute Gasteiger partial charge is 0.351 e. The third kappa shape index (κ3) is 20.0. The van der Waals surface area contributed by atoms with Crippen LogP contribution in [-0.4, -0.2) is 126 Å². The maximum absolute atomic E-state index is 14.4. The first-order valence-electron chi connectivity index (χ1n) is 26.9. The molecule has 2 aliphatic rings. The van der Waals surface area contributed by atoms with Gasteiger partial charge in [-0.3, -0.25) is 38.4 Å². The summed E-state index contributed by atoms with van der Waals surface area (Å²) >= 11 is 0. The lowest BCUT2D eigenvalue weighted by atomic mass is 9.85. The van der Waals surface area contributed by atoms with E-state index in [-0.39, 0.29) is 122 Å². The van der Waals surface area contributed by atoms with E-state index in [1.165, 1.54) is 4.90 Å². The lowest BCUT2D eigenvalue weighted by Crippen LogP contribution is -2.59. The number of halogens is 2. The van der Waals surface area contributed by atoms with E-state index < -0.39 is 53.1 Å². The van der Waals surface area contributed by atoms with Crippen LogP contribution in [0, 0.1) is 16.7 Å². The highest BCUT2D eigenvalue weighted by Crippen LogP contribution is 2.32. The van der Waals surface area contributed by atoms with E-state index in [1.54, 1.807) is 32.8 Å². The van der Waals surface area contributed by atoms with Crippen LogP contribution < -0.4 is 37.2 Å². The SMILES string of the molecule is CN[C@@H](C)C(=O)N[C@H](C(=O)N1C[C@@H](CC(=O)CCCCCCCCC(=O)N[C@H]2C[C@@H](C(=O)N[C@H](C)c3ccccc3)N(C(=O)[C@@H](NC(=O)[C@H](C)NC)C(C)(C)C)C2)C[C@H]1C(=O)N[C@H](C)c1ccccc1)C(C)(C)C.Cl.Cl. The fourth-order valence-corrected chi connectivity index (χ4v) is 9.73. The lowest BCUT2D eigenvalue weighted by molar-refractivity contribution is -0.144. The molecule has 0 spiro atoms. The molecule has 2 aromatic carbocycles. The Bertz CT molecular complexity index is 2060. The number of hydrogen-bond donors (Lipinski definition) is 7. The zero-order valence-corrected chi connectivity index (χ0v) is 48.8. The summed E-state index contributed by atoms with van der Waals surface area (Å²) in [6, 6.07) is 13.5.